The van der Waals surface area contributed by atoms with Crippen LogP contribution in [0, 0.1) is 13.1 Å². The fourth-order valence-corrected chi connectivity index (χ4v) is 11.5. The zero-order valence-electron chi connectivity index (χ0n) is 58.3. The number of hydrogen-bond donors (Lipinski definition) is 3. The number of aliphatic hydroxyl groups excluding tert-OH is 3. The van der Waals surface area contributed by atoms with E-state index in [2.05, 4.69) is 67.8 Å². The summed E-state index contributed by atoms with van der Waals surface area (Å²) in [4.78, 5) is 52.1. The number of carbonyl (C=O) groups excluding carboxylic acids is 4. The number of aromatic nitrogens is 1. The molecule has 0 spiro atoms. The molecule has 0 bridgehead atoms. The molecule has 1 aromatic heterocycles. The highest BCUT2D eigenvalue weighted by Gasteiger charge is 2.52. The van der Waals surface area contributed by atoms with Crippen LogP contribution in [0.25, 0.3) is 9.69 Å². The predicted molar refractivity (Wildman–Crippen MR) is 424 cm³/mol. The van der Waals surface area contributed by atoms with E-state index in [1.54, 1.807) is 146 Å². The molecule has 0 amide bonds. The second kappa shape index (κ2) is 48.1. The van der Waals surface area contributed by atoms with Crippen LogP contribution in [0.1, 0.15) is 77.6 Å². The van der Waals surface area contributed by atoms with E-state index < -0.39 is 21.0 Å². The van der Waals surface area contributed by atoms with Crippen molar-refractivity contribution in [2.24, 2.45) is 20.5 Å². The van der Waals surface area contributed by atoms with Gasteiger partial charge in [0.05, 0.1) is 78.1 Å². The third kappa shape index (κ3) is 35.7. The summed E-state index contributed by atoms with van der Waals surface area (Å²) in [5.41, 5.74) is 5.53. The van der Waals surface area contributed by atoms with Gasteiger partial charge in [-0.2, -0.15) is 20.5 Å². The van der Waals surface area contributed by atoms with Crippen molar-refractivity contribution in [3.8, 4) is 0 Å². The first-order valence-electron chi connectivity index (χ1n) is 31.6. The lowest BCUT2D eigenvalue weighted by Gasteiger charge is -2.32. The number of halogens is 5. The average Bonchev–Trinajstić information content (AvgIpc) is 1.64. The van der Waals surface area contributed by atoms with Crippen molar-refractivity contribution in [2.75, 3.05) is 24.7 Å². The van der Waals surface area contributed by atoms with E-state index in [1.165, 1.54) is 4.90 Å². The third-order valence-corrected chi connectivity index (χ3v) is 19.6. The second-order valence-corrected chi connectivity index (χ2v) is 30.1. The molecule has 0 saturated carbocycles. The Morgan fingerprint density at radius 1 is 0.448 bits per heavy atom. The lowest BCUT2D eigenvalue weighted by atomic mass is 9.79. The number of carbonyl (C=O) groups is 4. The van der Waals surface area contributed by atoms with Gasteiger partial charge in [-0.25, -0.2) is 29.1 Å². The van der Waals surface area contributed by atoms with E-state index in [1.807, 2.05) is 152 Å². The molecule has 3 N–H and O–H groups in total. The van der Waals surface area contributed by atoms with Crippen molar-refractivity contribution in [2.45, 2.75) is 114 Å². The molecule has 0 unspecified atom stereocenters. The van der Waals surface area contributed by atoms with Crippen LogP contribution in [0.2, 0.25) is 0 Å². The van der Waals surface area contributed by atoms with Gasteiger partial charge >= 0.3 is 35.2 Å². The van der Waals surface area contributed by atoms with Gasteiger partial charge in [0, 0.05) is 57.4 Å². The highest BCUT2D eigenvalue weighted by atomic mass is 35.5. The Kier molecular flexibility index (Phi) is 41.2. The SMILES string of the molecule is CC1(C)OB(c2ccc(CO)cc2)OC1(C)C.CC1(C)OB(c2ccc(COC(=O)Cl)cc2)OC1(C)C.O=C(Cl)Cl.O=C(Cl)OCCSSc1ccccc1.OCCSSc1ccccn1.[C-]#[N+]c1ccc(N=Nc2ccc(CO)cc2)cc1.[C-]#[N+]c1ccc(N=Nc2ccc(COC(=O)Cl)cc2)cc1. The molecule has 21 nitrogen and oxygen atoms in total. The minimum Gasteiger partial charge on any atom is -0.453 e. The molecule has 2 fully saturated rings. The van der Waals surface area contributed by atoms with Gasteiger partial charge in [-0.15, -0.1) is 0 Å². The van der Waals surface area contributed by atoms with Crippen LogP contribution in [-0.4, -0.2) is 103 Å². The van der Waals surface area contributed by atoms with Crippen LogP contribution in [0.15, 0.2) is 231 Å². The van der Waals surface area contributed by atoms with Gasteiger partial charge in [-0.05, 0) is 195 Å². The Labute approximate surface area is 653 Å². The molecule has 0 aliphatic carbocycles. The van der Waals surface area contributed by atoms with E-state index in [9.17, 15) is 14.4 Å². The summed E-state index contributed by atoms with van der Waals surface area (Å²) in [6, 6.07) is 59.0. The van der Waals surface area contributed by atoms with Gasteiger partial charge in [0.1, 0.15) is 24.8 Å². The number of hydrogen-bond acceptors (Lipinski definition) is 23. The number of pyridine rings is 1. The summed E-state index contributed by atoms with van der Waals surface area (Å²) >= 11 is 24.0. The lowest BCUT2D eigenvalue weighted by molar-refractivity contribution is 0.00578. The predicted octanol–water partition coefficient (Wildman–Crippen LogP) is 21.2. The summed E-state index contributed by atoms with van der Waals surface area (Å²) in [5.74, 6) is 1.49. The highest BCUT2D eigenvalue weighted by Crippen LogP contribution is 2.38. The normalized spacial score (nSPS) is 13.8. The zero-order valence-corrected chi connectivity index (χ0v) is 65.4. The molecule has 2 saturated heterocycles. The fourth-order valence-electron chi connectivity index (χ4n) is 7.81. The summed E-state index contributed by atoms with van der Waals surface area (Å²) in [6.07, 6.45) is 1.77. The molecular weight excluding hydrogens is 1530 g/mol. The Hall–Kier alpha value is -7.35. The Morgan fingerprint density at radius 2 is 0.781 bits per heavy atom. The number of nitrogens with zero attached hydrogens (tertiary/aromatic N) is 7. The highest BCUT2D eigenvalue weighted by molar-refractivity contribution is 8.77. The van der Waals surface area contributed by atoms with Crippen molar-refractivity contribution in [1.82, 2.24) is 4.98 Å². The maximum absolute atomic E-state index is 10.5. The van der Waals surface area contributed by atoms with Gasteiger partial charge in [0.2, 0.25) is 0 Å². The zero-order chi connectivity index (χ0) is 77.3. The first-order chi connectivity index (χ1) is 50.0. The van der Waals surface area contributed by atoms with Crippen molar-refractivity contribution in [1.29, 1.82) is 0 Å². The van der Waals surface area contributed by atoms with Crippen molar-refractivity contribution < 1.29 is 67.3 Å². The maximum Gasteiger partial charge on any atom is 0.494 e. The summed E-state index contributed by atoms with van der Waals surface area (Å²) < 4.78 is 36.9. The summed E-state index contributed by atoms with van der Waals surface area (Å²) in [7, 11) is 5.77. The van der Waals surface area contributed by atoms with E-state index in [0.717, 1.165) is 55.4 Å². The maximum atomic E-state index is 10.5. The molecule has 3 heterocycles. The minimum absolute atomic E-state index is 0.0233. The minimum atomic E-state index is -0.889. The van der Waals surface area contributed by atoms with Crippen LogP contribution in [-0.2, 0) is 59.3 Å². The largest absolute Gasteiger partial charge is 0.494 e. The van der Waals surface area contributed by atoms with Gasteiger partial charge in [-0.3, -0.25) is 4.79 Å². The smallest absolute Gasteiger partial charge is 0.453 e. The summed E-state index contributed by atoms with van der Waals surface area (Å²) in [6.45, 7) is 30.9. The molecule has 7 aromatic carbocycles. The second-order valence-electron chi connectivity index (χ2n) is 23.3. The molecule has 0 radical (unpaired) electrons. The number of aliphatic hydroxyl groups is 3. The first-order valence-corrected chi connectivity index (χ1v) is 38.1. The van der Waals surface area contributed by atoms with Gasteiger partial charge in [0.15, 0.2) is 11.4 Å². The van der Waals surface area contributed by atoms with Crippen LogP contribution in [0.4, 0.5) is 53.3 Å². The van der Waals surface area contributed by atoms with Crippen molar-refractivity contribution in [3.05, 3.63) is 245 Å². The number of ether oxygens (including phenoxy) is 3. The summed E-state index contributed by atoms with van der Waals surface area (Å²) in [5, 5.41) is 43.7. The molecule has 2 aliphatic rings. The number of rotatable bonds is 21. The molecule has 105 heavy (non-hydrogen) atoms. The Morgan fingerprint density at radius 3 is 1.11 bits per heavy atom. The molecule has 8 aromatic rings. The van der Waals surface area contributed by atoms with Crippen LogP contribution < -0.4 is 10.9 Å². The van der Waals surface area contributed by atoms with Gasteiger partial charge in [-0.1, -0.05) is 154 Å². The van der Waals surface area contributed by atoms with Crippen LogP contribution >= 0.6 is 101 Å². The molecule has 2 aliphatic heterocycles. The van der Waals surface area contributed by atoms with Crippen LogP contribution in [0.3, 0.4) is 0 Å². The average molecular weight is 1600 g/mol. The quantitative estimate of drug-likeness (QED) is 0.0115. The van der Waals surface area contributed by atoms with Gasteiger partial charge < -0.3 is 48.1 Å². The monoisotopic (exact) mass is 1600 g/mol. The number of benzene rings is 7. The van der Waals surface area contributed by atoms with Crippen molar-refractivity contribution in [3.63, 3.8) is 0 Å². The molecule has 32 heteroatoms. The van der Waals surface area contributed by atoms with E-state index >= 15 is 0 Å². The molecule has 552 valence electrons. The van der Waals surface area contributed by atoms with Gasteiger partial charge in [0.25, 0.3) is 0 Å². The fraction of sp³-hybridized carbons (Fsp3) is 0.274. The third-order valence-electron chi connectivity index (χ3n) is 14.7. The lowest BCUT2D eigenvalue weighted by Crippen LogP contribution is -2.41. The Balaban J connectivity index is 0.000000266. The van der Waals surface area contributed by atoms with Crippen molar-refractivity contribution >= 4 is 181 Å². The van der Waals surface area contributed by atoms with E-state index in [4.69, 9.17) is 91.4 Å². The standard InChI is InChI=1S/C15H10ClN3O2.C14H18BClO4.C14H11N3O.C13H19BO3.C9H9ClO2S2.C7H9NOS2.CCl2O/c1-17-12-6-8-14(9-7-12)19-18-13-4-2-11(3-5-13)10-21-15(16)20;1-13(2)14(3,4)20-15(19-13)11-7-5-10(6-8-11)9-18-12(16)17;1-15-12-6-8-14(9-7-12)17-16-13-4-2-11(10-18)3-5-13;1-12(2)13(3,4)17-14(16-12)11-7-5-10(9-15)6-8-11;10-9(11)12-6-7-13-14-8-4-2-1-3-5-8;9-5-6-10-11-7-3-1-2-4-8-7;2-1(3)4/h2-9H,10H2;5-8H,9H2,1-4H3;2-9,18H,10H2;5-8,15H,9H2,1-4H3;1-5H,6-7H2;1-4,9H,5-6H2;. The first kappa shape index (κ1) is 90.0. The molecular formula is C73H76B2Cl5N7O14S4. The molecule has 10 rings (SSSR count). The van der Waals surface area contributed by atoms with E-state index in [0.29, 0.717) is 35.0 Å². The number of azo groups is 2. The van der Waals surface area contributed by atoms with E-state index in [-0.39, 0.29) is 69.7 Å². The van der Waals surface area contributed by atoms with Crippen LogP contribution in [0.5, 0.6) is 0 Å². The Bertz CT molecular complexity index is 4030. The molecule has 0 atom stereocenters. The topological polar surface area (TPSA) is 265 Å².